The van der Waals surface area contributed by atoms with Crippen molar-refractivity contribution in [1.29, 1.82) is 0 Å². The van der Waals surface area contributed by atoms with Crippen LogP contribution in [0.1, 0.15) is 23.2 Å². The molecule has 4 rings (SSSR count). The van der Waals surface area contributed by atoms with Crippen molar-refractivity contribution in [2.24, 2.45) is 0 Å². The molecule has 0 bridgehead atoms. The van der Waals surface area contributed by atoms with Gasteiger partial charge in [-0.1, -0.05) is 18.2 Å². The highest BCUT2D eigenvalue weighted by atomic mass is 16.5. The molecule has 144 valence electrons. The summed E-state index contributed by atoms with van der Waals surface area (Å²) in [5, 5.41) is 14.6. The lowest BCUT2D eigenvalue weighted by Gasteiger charge is -2.24. The maximum atomic E-state index is 11.1. The first-order valence-corrected chi connectivity index (χ1v) is 9.18. The summed E-state index contributed by atoms with van der Waals surface area (Å²) in [5.41, 5.74) is 5.04. The number of carboxylic acid groups (broad SMARTS) is 1. The molecule has 1 aliphatic rings. The van der Waals surface area contributed by atoms with Crippen LogP contribution in [-0.2, 0) is 6.54 Å². The average Bonchev–Trinajstić information content (AvgIpc) is 3.09. The fourth-order valence-electron chi connectivity index (χ4n) is 3.52. The summed E-state index contributed by atoms with van der Waals surface area (Å²) in [6, 6.07) is 10.0. The van der Waals surface area contributed by atoms with Crippen LogP contribution in [0.25, 0.3) is 16.6 Å². The summed E-state index contributed by atoms with van der Waals surface area (Å²) in [5.74, 6) is 0.824. The number of benzene rings is 1. The Bertz CT molecular complexity index is 1050. The molecule has 1 aromatic carbocycles. The zero-order valence-corrected chi connectivity index (χ0v) is 15.9. The minimum absolute atomic E-state index is 0.398. The highest BCUT2D eigenvalue weighted by Gasteiger charge is 2.19. The van der Waals surface area contributed by atoms with E-state index in [9.17, 15) is 4.79 Å². The van der Waals surface area contributed by atoms with Crippen LogP contribution in [-0.4, -0.2) is 51.1 Å². The summed E-state index contributed by atoms with van der Waals surface area (Å²) < 4.78 is 7.11. The van der Waals surface area contributed by atoms with Crippen LogP contribution in [0.3, 0.4) is 0 Å². The predicted octanol–water partition coefficient (Wildman–Crippen LogP) is 3.56. The summed E-state index contributed by atoms with van der Waals surface area (Å²) in [6.07, 6.45) is 3.58. The normalized spacial score (nSPS) is 14.2. The Hall–Kier alpha value is -3.35. The lowest BCUT2D eigenvalue weighted by Crippen LogP contribution is -2.33. The molecule has 3 aromatic rings. The Kier molecular flexibility index (Phi) is 4.73. The van der Waals surface area contributed by atoms with Gasteiger partial charge in [0.05, 0.1) is 25.5 Å². The van der Waals surface area contributed by atoms with Crippen LogP contribution in [0.5, 0.6) is 5.75 Å². The van der Waals surface area contributed by atoms with Gasteiger partial charge in [-0.25, -0.2) is 14.5 Å². The third-order valence-corrected chi connectivity index (χ3v) is 5.08. The van der Waals surface area contributed by atoms with E-state index in [1.165, 1.54) is 4.90 Å². The van der Waals surface area contributed by atoms with E-state index in [1.54, 1.807) is 7.11 Å². The van der Waals surface area contributed by atoms with Crippen molar-refractivity contribution in [3.8, 4) is 5.75 Å². The number of carbonyl (C=O) groups is 1. The number of amides is 1. The molecule has 0 aliphatic carbocycles. The number of hydrogen-bond donors (Lipinski definition) is 1. The second kappa shape index (κ2) is 7.34. The standard InChI is InChI=1S/C21H22N4O3/c1-14-11-17-12-22-25(13-15-3-5-18(28-2)6-4-15)20(17)23-19(14)16-7-9-24(10-8-16)21(26)27/h3-7,11-12H,8-10,13H2,1-2H3,(H,26,27). The molecule has 2 aromatic heterocycles. The molecule has 0 saturated heterocycles. The van der Waals surface area contributed by atoms with Crippen molar-refractivity contribution in [2.45, 2.75) is 19.9 Å². The van der Waals surface area contributed by atoms with Crippen LogP contribution in [0.2, 0.25) is 0 Å². The van der Waals surface area contributed by atoms with Crippen LogP contribution in [0, 0.1) is 6.92 Å². The molecule has 1 N–H and O–H groups in total. The van der Waals surface area contributed by atoms with E-state index in [1.807, 2.05) is 48.1 Å². The Morgan fingerprint density at radius 3 is 2.71 bits per heavy atom. The zero-order valence-electron chi connectivity index (χ0n) is 15.9. The third-order valence-electron chi connectivity index (χ3n) is 5.08. The minimum Gasteiger partial charge on any atom is -0.497 e. The smallest absolute Gasteiger partial charge is 0.407 e. The van der Waals surface area contributed by atoms with Gasteiger partial charge >= 0.3 is 6.09 Å². The number of fused-ring (bicyclic) bond motifs is 1. The van der Waals surface area contributed by atoms with Gasteiger partial charge in [0.1, 0.15) is 5.75 Å². The summed E-state index contributed by atoms with van der Waals surface area (Å²) in [6.45, 7) is 3.54. The van der Waals surface area contributed by atoms with E-state index in [-0.39, 0.29) is 0 Å². The fourth-order valence-corrected chi connectivity index (χ4v) is 3.52. The largest absolute Gasteiger partial charge is 0.497 e. The van der Waals surface area contributed by atoms with Gasteiger partial charge in [-0.15, -0.1) is 0 Å². The van der Waals surface area contributed by atoms with E-state index in [4.69, 9.17) is 14.8 Å². The van der Waals surface area contributed by atoms with Crippen molar-refractivity contribution in [1.82, 2.24) is 19.7 Å². The molecule has 0 atom stereocenters. The van der Waals surface area contributed by atoms with Gasteiger partial charge in [-0.2, -0.15) is 5.10 Å². The highest BCUT2D eigenvalue weighted by Crippen LogP contribution is 2.27. The van der Waals surface area contributed by atoms with E-state index < -0.39 is 6.09 Å². The van der Waals surface area contributed by atoms with Crippen molar-refractivity contribution in [3.05, 3.63) is 59.4 Å². The van der Waals surface area contributed by atoms with Crippen LogP contribution < -0.4 is 4.74 Å². The molecular formula is C21H22N4O3. The Balaban J connectivity index is 1.65. The molecule has 0 fully saturated rings. The number of rotatable bonds is 4. The van der Waals surface area contributed by atoms with E-state index >= 15 is 0 Å². The molecular weight excluding hydrogens is 356 g/mol. The topological polar surface area (TPSA) is 80.5 Å². The fraction of sp³-hybridized carbons (Fsp3) is 0.286. The maximum Gasteiger partial charge on any atom is 0.407 e. The van der Waals surface area contributed by atoms with Gasteiger partial charge in [0, 0.05) is 18.5 Å². The number of pyridine rings is 1. The first kappa shape index (κ1) is 18.0. The van der Waals surface area contributed by atoms with Gasteiger partial charge in [0.25, 0.3) is 0 Å². The monoisotopic (exact) mass is 378 g/mol. The number of ether oxygens (including phenoxy) is 1. The second-order valence-electron chi connectivity index (χ2n) is 6.92. The Morgan fingerprint density at radius 1 is 1.29 bits per heavy atom. The number of hydrogen-bond acceptors (Lipinski definition) is 4. The van der Waals surface area contributed by atoms with Crippen LogP contribution >= 0.6 is 0 Å². The van der Waals surface area contributed by atoms with Gasteiger partial charge in [0.15, 0.2) is 5.65 Å². The van der Waals surface area contributed by atoms with E-state index in [0.29, 0.717) is 26.1 Å². The summed E-state index contributed by atoms with van der Waals surface area (Å²) >= 11 is 0. The quantitative estimate of drug-likeness (QED) is 0.751. The van der Waals surface area contributed by atoms with Gasteiger partial charge in [-0.05, 0) is 48.2 Å². The molecule has 7 heteroatoms. The molecule has 0 saturated carbocycles. The molecule has 0 spiro atoms. The average molecular weight is 378 g/mol. The van der Waals surface area contributed by atoms with Gasteiger partial charge < -0.3 is 14.7 Å². The van der Waals surface area contributed by atoms with Crippen molar-refractivity contribution >= 4 is 22.7 Å². The van der Waals surface area contributed by atoms with Gasteiger partial charge in [0.2, 0.25) is 0 Å². The molecule has 7 nitrogen and oxygen atoms in total. The van der Waals surface area contributed by atoms with Crippen molar-refractivity contribution in [2.75, 3.05) is 20.2 Å². The zero-order chi connectivity index (χ0) is 19.7. The third kappa shape index (κ3) is 3.43. The maximum absolute atomic E-state index is 11.1. The highest BCUT2D eigenvalue weighted by molar-refractivity contribution is 5.80. The summed E-state index contributed by atoms with van der Waals surface area (Å²) in [4.78, 5) is 17.4. The number of methoxy groups -OCH3 is 1. The van der Waals surface area contributed by atoms with E-state index in [2.05, 4.69) is 11.2 Å². The summed E-state index contributed by atoms with van der Waals surface area (Å²) in [7, 11) is 1.65. The van der Waals surface area contributed by atoms with Crippen LogP contribution in [0.4, 0.5) is 4.79 Å². The predicted molar refractivity (Wildman–Crippen MR) is 107 cm³/mol. The Morgan fingerprint density at radius 2 is 2.07 bits per heavy atom. The molecule has 28 heavy (non-hydrogen) atoms. The minimum atomic E-state index is -0.881. The van der Waals surface area contributed by atoms with Gasteiger partial charge in [-0.3, -0.25) is 0 Å². The molecule has 1 amide bonds. The molecule has 3 heterocycles. The van der Waals surface area contributed by atoms with Crippen molar-refractivity contribution in [3.63, 3.8) is 0 Å². The first-order valence-electron chi connectivity index (χ1n) is 9.18. The lowest BCUT2D eigenvalue weighted by molar-refractivity contribution is 0.150. The van der Waals surface area contributed by atoms with E-state index in [0.717, 1.165) is 39.2 Å². The second-order valence-corrected chi connectivity index (χ2v) is 6.92. The molecule has 0 radical (unpaired) electrons. The first-order chi connectivity index (χ1) is 13.5. The number of aryl methyl sites for hydroxylation is 1. The van der Waals surface area contributed by atoms with Crippen LogP contribution in [0.15, 0.2) is 42.6 Å². The van der Waals surface area contributed by atoms with Crippen molar-refractivity contribution < 1.29 is 14.6 Å². The Labute approximate surface area is 162 Å². The lowest BCUT2D eigenvalue weighted by atomic mass is 10.0. The molecule has 1 aliphatic heterocycles. The number of aromatic nitrogens is 3. The SMILES string of the molecule is COc1ccc(Cn2ncc3cc(C)c(C4=CCN(C(=O)O)CC4)nc32)cc1. The molecule has 0 unspecified atom stereocenters. The number of nitrogens with zero attached hydrogens (tertiary/aromatic N) is 4.